The van der Waals surface area contributed by atoms with Crippen molar-refractivity contribution < 1.29 is 22.7 Å². The van der Waals surface area contributed by atoms with Gasteiger partial charge in [0.2, 0.25) is 0 Å². The van der Waals surface area contributed by atoms with Gasteiger partial charge in [0.25, 0.3) is 5.91 Å². The number of anilines is 1. The monoisotopic (exact) mass is 365 g/mol. The molecule has 0 aliphatic heterocycles. The Balaban J connectivity index is 2.19. The fraction of sp³-hybridized carbons (Fsp3) is 0.350. The number of carbonyl (C=O) groups excluding carboxylic acids is 1. The summed E-state index contributed by atoms with van der Waals surface area (Å²) in [5.41, 5.74) is 0.734. The van der Waals surface area contributed by atoms with Crippen molar-refractivity contribution in [3.8, 4) is 5.75 Å². The van der Waals surface area contributed by atoms with Gasteiger partial charge in [-0.25, -0.2) is 0 Å². The van der Waals surface area contributed by atoms with Crippen molar-refractivity contribution in [1.82, 2.24) is 0 Å². The van der Waals surface area contributed by atoms with E-state index < -0.39 is 23.8 Å². The van der Waals surface area contributed by atoms with Gasteiger partial charge in [0, 0.05) is 0 Å². The SMILES string of the molecule is Cc1ccc(C(C)C)c(O[C@@H](C)C(=O)Nc2ccccc2C(F)(F)F)c1. The molecular weight excluding hydrogens is 343 g/mol. The fourth-order valence-electron chi connectivity index (χ4n) is 2.54. The van der Waals surface area contributed by atoms with Crippen molar-refractivity contribution in [1.29, 1.82) is 0 Å². The molecule has 0 unspecified atom stereocenters. The predicted molar refractivity (Wildman–Crippen MR) is 95.4 cm³/mol. The highest BCUT2D eigenvalue weighted by Gasteiger charge is 2.34. The summed E-state index contributed by atoms with van der Waals surface area (Å²) in [6.45, 7) is 7.42. The first-order valence-electron chi connectivity index (χ1n) is 8.34. The van der Waals surface area contributed by atoms with E-state index in [1.807, 2.05) is 39.0 Å². The molecule has 1 N–H and O–H groups in total. The molecule has 2 aromatic rings. The molecule has 0 spiro atoms. The zero-order valence-electron chi connectivity index (χ0n) is 15.1. The molecule has 0 aliphatic carbocycles. The van der Waals surface area contributed by atoms with Gasteiger partial charge in [0.15, 0.2) is 6.10 Å². The van der Waals surface area contributed by atoms with Crippen LogP contribution in [0.1, 0.15) is 43.4 Å². The predicted octanol–water partition coefficient (Wildman–Crippen LogP) is 5.54. The maximum atomic E-state index is 13.1. The van der Waals surface area contributed by atoms with Gasteiger partial charge in [-0.1, -0.05) is 38.1 Å². The molecule has 0 aromatic heterocycles. The van der Waals surface area contributed by atoms with E-state index in [2.05, 4.69) is 5.32 Å². The molecule has 2 rings (SSSR count). The lowest BCUT2D eigenvalue weighted by Crippen LogP contribution is -2.31. The number of amides is 1. The summed E-state index contributed by atoms with van der Waals surface area (Å²) in [5, 5.41) is 2.32. The number of rotatable bonds is 5. The van der Waals surface area contributed by atoms with Crippen LogP contribution in [-0.2, 0) is 11.0 Å². The van der Waals surface area contributed by atoms with E-state index in [1.165, 1.54) is 25.1 Å². The summed E-state index contributed by atoms with van der Waals surface area (Å²) in [4.78, 5) is 12.4. The van der Waals surface area contributed by atoms with Crippen LogP contribution in [0.2, 0.25) is 0 Å². The number of carbonyl (C=O) groups is 1. The topological polar surface area (TPSA) is 38.3 Å². The Hall–Kier alpha value is -2.50. The molecule has 0 aliphatic rings. The molecule has 0 saturated carbocycles. The molecule has 0 bridgehead atoms. The number of para-hydroxylation sites is 1. The van der Waals surface area contributed by atoms with Crippen molar-refractivity contribution in [3.63, 3.8) is 0 Å². The van der Waals surface area contributed by atoms with Crippen LogP contribution in [0.15, 0.2) is 42.5 Å². The summed E-state index contributed by atoms with van der Waals surface area (Å²) in [5.74, 6) is 0.108. The Labute approximate surface area is 151 Å². The van der Waals surface area contributed by atoms with Crippen molar-refractivity contribution in [2.24, 2.45) is 0 Å². The quantitative estimate of drug-likeness (QED) is 0.755. The highest BCUT2D eigenvalue weighted by molar-refractivity contribution is 5.94. The standard InChI is InChI=1S/C20H22F3NO2/c1-12(2)15-10-9-13(3)11-18(15)26-14(4)19(25)24-17-8-6-5-7-16(17)20(21,22)23/h5-12,14H,1-4H3,(H,24,25)/t14-/m0/s1. The van der Waals surface area contributed by atoms with E-state index in [1.54, 1.807) is 0 Å². The van der Waals surface area contributed by atoms with E-state index in [9.17, 15) is 18.0 Å². The minimum atomic E-state index is -4.55. The second kappa shape index (κ2) is 7.81. The number of alkyl halides is 3. The Bertz CT molecular complexity index is 785. The molecule has 2 aromatic carbocycles. The maximum absolute atomic E-state index is 13.1. The first-order chi connectivity index (χ1) is 12.1. The lowest BCUT2D eigenvalue weighted by molar-refractivity contribution is -0.137. The van der Waals surface area contributed by atoms with E-state index in [4.69, 9.17) is 4.74 Å². The molecular formula is C20H22F3NO2. The Kier molecular flexibility index (Phi) is 5.95. The largest absolute Gasteiger partial charge is 0.481 e. The minimum absolute atomic E-state index is 0.187. The number of hydrogen-bond donors (Lipinski definition) is 1. The van der Waals surface area contributed by atoms with E-state index >= 15 is 0 Å². The second-order valence-electron chi connectivity index (χ2n) is 6.49. The molecule has 140 valence electrons. The van der Waals surface area contributed by atoms with Gasteiger partial charge in [0.1, 0.15) is 5.75 Å². The third kappa shape index (κ3) is 4.77. The molecule has 0 heterocycles. The third-order valence-electron chi connectivity index (χ3n) is 3.95. The number of ether oxygens (including phenoxy) is 1. The molecule has 1 amide bonds. The van der Waals surface area contributed by atoms with Crippen LogP contribution >= 0.6 is 0 Å². The summed E-state index contributed by atoms with van der Waals surface area (Å²) < 4.78 is 44.9. The first-order valence-corrected chi connectivity index (χ1v) is 8.34. The smallest absolute Gasteiger partial charge is 0.418 e. The van der Waals surface area contributed by atoms with Gasteiger partial charge in [-0.05, 0) is 49.1 Å². The highest BCUT2D eigenvalue weighted by Crippen LogP contribution is 2.35. The average Bonchev–Trinajstić information content (AvgIpc) is 2.54. The van der Waals surface area contributed by atoms with Gasteiger partial charge in [-0.15, -0.1) is 0 Å². The van der Waals surface area contributed by atoms with Crippen LogP contribution in [0.3, 0.4) is 0 Å². The number of halogens is 3. The molecule has 0 radical (unpaired) electrons. The maximum Gasteiger partial charge on any atom is 0.418 e. The Morgan fingerprint density at radius 3 is 2.35 bits per heavy atom. The number of hydrogen-bond acceptors (Lipinski definition) is 2. The van der Waals surface area contributed by atoms with Gasteiger partial charge < -0.3 is 10.1 Å². The van der Waals surface area contributed by atoms with Gasteiger partial charge in [-0.2, -0.15) is 13.2 Å². The third-order valence-corrected chi connectivity index (χ3v) is 3.95. The van der Waals surface area contributed by atoms with Crippen LogP contribution in [-0.4, -0.2) is 12.0 Å². The summed E-state index contributed by atoms with van der Waals surface area (Å²) in [6.07, 6.45) is -5.49. The fourth-order valence-corrected chi connectivity index (χ4v) is 2.54. The van der Waals surface area contributed by atoms with Gasteiger partial charge >= 0.3 is 6.18 Å². The van der Waals surface area contributed by atoms with Crippen LogP contribution in [0, 0.1) is 6.92 Å². The van der Waals surface area contributed by atoms with Crippen molar-refractivity contribution in [2.75, 3.05) is 5.32 Å². The summed E-state index contributed by atoms with van der Waals surface area (Å²) in [7, 11) is 0. The zero-order chi connectivity index (χ0) is 19.5. The lowest BCUT2D eigenvalue weighted by atomic mass is 10.0. The number of benzene rings is 2. The van der Waals surface area contributed by atoms with Crippen LogP contribution in [0.5, 0.6) is 5.75 Å². The van der Waals surface area contributed by atoms with E-state index in [-0.39, 0.29) is 11.6 Å². The molecule has 0 saturated heterocycles. The average molecular weight is 365 g/mol. The normalized spacial score (nSPS) is 12.8. The molecule has 0 fully saturated rings. The lowest BCUT2D eigenvalue weighted by Gasteiger charge is -2.20. The van der Waals surface area contributed by atoms with Crippen LogP contribution < -0.4 is 10.1 Å². The minimum Gasteiger partial charge on any atom is -0.481 e. The van der Waals surface area contributed by atoms with Crippen molar-refractivity contribution in [2.45, 2.75) is 45.9 Å². The van der Waals surface area contributed by atoms with Gasteiger partial charge in [-0.3, -0.25) is 4.79 Å². The van der Waals surface area contributed by atoms with Crippen LogP contribution in [0.25, 0.3) is 0 Å². The van der Waals surface area contributed by atoms with Gasteiger partial charge in [0.05, 0.1) is 11.3 Å². The molecule has 26 heavy (non-hydrogen) atoms. The Morgan fingerprint density at radius 1 is 1.08 bits per heavy atom. The highest BCUT2D eigenvalue weighted by atomic mass is 19.4. The summed E-state index contributed by atoms with van der Waals surface area (Å²) >= 11 is 0. The first kappa shape index (κ1) is 19.8. The van der Waals surface area contributed by atoms with Crippen molar-refractivity contribution >= 4 is 11.6 Å². The summed E-state index contributed by atoms with van der Waals surface area (Å²) in [6, 6.07) is 10.6. The Morgan fingerprint density at radius 2 is 1.73 bits per heavy atom. The number of aryl methyl sites for hydroxylation is 1. The molecule has 6 heteroatoms. The molecule has 3 nitrogen and oxygen atoms in total. The van der Waals surface area contributed by atoms with E-state index in [0.29, 0.717) is 5.75 Å². The van der Waals surface area contributed by atoms with E-state index in [0.717, 1.165) is 17.2 Å². The molecule has 1 atom stereocenters. The van der Waals surface area contributed by atoms with Crippen LogP contribution in [0.4, 0.5) is 18.9 Å². The number of nitrogens with one attached hydrogen (secondary N) is 1. The zero-order valence-corrected chi connectivity index (χ0v) is 15.1. The van der Waals surface area contributed by atoms with Crippen molar-refractivity contribution in [3.05, 3.63) is 59.2 Å². The second-order valence-corrected chi connectivity index (χ2v) is 6.49.